The molecule has 0 aliphatic carbocycles. The number of nitrogens with two attached hydrogens (primary N) is 1. The summed E-state index contributed by atoms with van der Waals surface area (Å²) in [6.07, 6.45) is 2.08. The summed E-state index contributed by atoms with van der Waals surface area (Å²) in [5, 5.41) is 1.13. The van der Waals surface area contributed by atoms with E-state index in [1.807, 2.05) is 12.1 Å². The van der Waals surface area contributed by atoms with Crippen molar-refractivity contribution in [2.24, 2.45) is 5.73 Å². The Balaban J connectivity index is 2.36. The van der Waals surface area contributed by atoms with Crippen molar-refractivity contribution in [3.8, 4) is 10.4 Å². The van der Waals surface area contributed by atoms with Gasteiger partial charge in [0.15, 0.2) is 0 Å². The second kappa shape index (κ2) is 6.59. The summed E-state index contributed by atoms with van der Waals surface area (Å²) >= 11 is 17.5. The molecule has 1 heterocycles. The summed E-state index contributed by atoms with van der Waals surface area (Å²) < 4.78 is 0.808. The van der Waals surface area contributed by atoms with E-state index in [0.717, 1.165) is 27.8 Å². The van der Waals surface area contributed by atoms with Crippen LogP contribution in [-0.2, 0) is 0 Å². The fourth-order valence-electron chi connectivity index (χ4n) is 1.87. The summed E-state index contributed by atoms with van der Waals surface area (Å²) in [6, 6.07) is 8.12. The molecule has 1 aromatic carbocycles. The number of hydrogen-bond donors (Lipinski definition) is 1. The van der Waals surface area contributed by atoms with Crippen molar-refractivity contribution in [1.29, 1.82) is 0 Å². The number of halogens is 3. The van der Waals surface area contributed by atoms with E-state index in [0.29, 0.717) is 10.0 Å². The van der Waals surface area contributed by atoms with Crippen LogP contribution in [0.2, 0.25) is 10.0 Å². The van der Waals surface area contributed by atoms with Gasteiger partial charge >= 0.3 is 0 Å². The molecule has 2 rings (SSSR count). The van der Waals surface area contributed by atoms with E-state index in [9.17, 15) is 0 Å². The molecule has 0 saturated heterocycles. The molecule has 0 amide bonds. The van der Waals surface area contributed by atoms with E-state index in [2.05, 4.69) is 35.0 Å². The molecule has 1 aromatic heterocycles. The van der Waals surface area contributed by atoms with Crippen LogP contribution in [0.15, 0.2) is 28.7 Å². The molecule has 1 atom stereocenters. The quantitative estimate of drug-likeness (QED) is 0.622. The molecule has 2 N–H and O–H groups in total. The van der Waals surface area contributed by atoms with E-state index in [1.54, 1.807) is 11.3 Å². The second-order valence-electron chi connectivity index (χ2n) is 4.32. The topological polar surface area (TPSA) is 26.0 Å². The predicted octanol–water partition coefficient (Wildman–Crippen LogP) is 6.28. The van der Waals surface area contributed by atoms with Gasteiger partial charge in [0.1, 0.15) is 0 Å². The minimum atomic E-state index is 0.105. The molecule has 2 aromatic rings. The minimum absolute atomic E-state index is 0.105. The van der Waals surface area contributed by atoms with Gasteiger partial charge in [-0.1, -0.05) is 42.6 Å². The highest BCUT2D eigenvalue weighted by molar-refractivity contribution is 9.10. The molecule has 1 unspecified atom stereocenters. The first-order valence-corrected chi connectivity index (χ1v) is 8.40. The van der Waals surface area contributed by atoms with Crippen LogP contribution in [0.3, 0.4) is 0 Å². The highest BCUT2D eigenvalue weighted by Crippen LogP contribution is 2.41. The number of benzene rings is 1. The Morgan fingerprint density at radius 1 is 1.21 bits per heavy atom. The number of thiophene rings is 1. The normalized spacial score (nSPS) is 12.7. The van der Waals surface area contributed by atoms with Crippen LogP contribution >= 0.6 is 50.5 Å². The van der Waals surface area contributed by atoms with Crippen molar-refractivity contribution >= 4 is 50.5 Å². The number of rotatable bonds is 4. The molecule has 1 nitrogen and oxygen atoms in total. The van der Waals surface area contributed by atoms with Crippen molar-refractivity contribution in [1.82, 2.24) is 0 Å². The lowest BCUT2D eigenvalue weighted by atomic mass is 10.1. The highest BCUT2D eigenvalue weighted by atomic mass is 79.9. The van der Waals surface area contributed by atoms with Gasteiger partial charge in [0.25, 0.3) is 0 Å². The lowest BCUT2D eigenvalue weighted by molar-refractivity contribution is 0.648. The van der Waals surface area contributed by atoms with Gasteiger partial charge in [-0.15, -0.1) is 11.3 Å². The summed E-state index contributed by atoms with van der Waals surface area (Å²) in [5.74, 6) is 0. The smallest absolute Gasteiger partial charge is 0.0740 e. The predicted molar refractivity (Wildman–Crippen MR) is 89.3 cm³/mol. The fourth-order valence-corrected chi connectivity index (χ4v) is 3.87. The maximum Gasteiger partial charge on any atom is 0.0740 e. The third-order valence-corrected chi connectivity index (χ3v) is 5.91. The van der Waals surface area contributed by atoms with E-state index < -0.39 is 0 Å². The third kappa shape index (κ3) is 3.34. The molecule has 0 fully saturated rings. The first-order valence-electron chi connectivity index (χ1n) is 6.03. The monoisotopic (exact) mass is 377 g/mol. The zero-order valence-electron chi connectivity index (χ0n) is 10.4. The van der Waals surface area contributed by atoms with Crippen LogP contribution in [0, 0.1) is 0 Å². The van der Waals surface area contributed by atoms with E-state index in [4.69, 9.17) is 28.9 Å². The Labute approximate surface area is 135 Å². The molecular weight excluding hydrogens is 365 g/mol. The standard InChI is InChI=1S/C14H14BrCl2NS/c1-2-3-10(18)12-7-6-11(19-12)8-4-5-9(15)14(17)13(8)16/h4-7,10H,2-3,18H2,1H3. The van der Waals surface area contributed by atoms with E-state index in [1.165, 1.54) is 4.88 Å². The van der Waals surface area contributed by atoms with Gasteiger partial charge in [-0.25, -0.2) is 0 Å². The Morgan fingerprint density at radius 2 is 1.95 bits per heavy atom. The fraction of sp³-hybridized carbons (Fsp3) is 0.286. The maximum atomic E-state index is 6.30. The van der Waals surface area contributed by atoms with Gasteiger partial charge in [-0.05, 0) is 40.5 Å². The van der Waals surface area contributed by atoms with Crippen molar-refractivity contribution in [2.75, 3.05) is 0 Å². The number of hydrogen-bond acceptors (Lipinski definition) is 2. The van der Waals surface area contributed by atoms with Gasteiger partial charge in [-0.2, -0.15) is 0 Å². The highest BCUT2D eigenvalue weighted by Gasteiger charge is 2.14. The largest absolute Gasteiger partial charge is 0.323 e. The lowest BCUT2D eigenvalue weighted by Gasteiger charge is -2.07. The van der Waals surface area contributed by atoms with Crippen LogP contribution in [0.4, 0.5) is 0 Å². The zero-order chi connectivity index (χ0) is 14.0. The van der Waals surface area contributed by atoms with E-state index >= 15 is 0 Å². The first-order chi connectivity index (χ1) is 9.04. The van der Waals surface area contributed by atoms with E-state index in [-0.39, 0.29) is 6.04 Å². The maximum absolute atomic E-state index is 6.30. The average Bonchev–Trinajstić information content (AvgIpc) is 2.86. The third-order valence-electron chi connectivity index (χ3n) is 2.89. The SMILES string of the molecule is CCCC(N)c1ccc(-c2ccc(Br)c(Cl)c2Cl)s1. The van der Waals surface area contributed by atoms with Gasteiger partial charge in [-0.3, -0.25) is 0 Å². The average molecular weight is 379 g/mol. The summed E-state index contributed by atoms with van der Waals surface area (Å²) in [4.78, 5) is 2.29. The summed E-state index contributed by atoms with van der Waals surface area (Å²) in [5.41, 5.74) is 7.09. The molecular formula is C14H14BrCl2NS. The molecule has 19 heavy (non-hydrogen) atoms. The van der Waals surface area contributed by atoms with Gasteiger partial charge in [0, 0.05) is 25.8 Å². The Kier molecular flexibility index (Phi) is 5.32. The molecule has 0 spiro atoms. The minimum Gasteiger partial charge on any atom is -0.323 e. The summed E-state index contributed by atoms with van der Waals surface area (Å²) in [6.45, 7) is 2.14. The van der Waals surface area contributed by atoms with Crippen molar-refractivity contribution in [3.63, 3.8) is 0 Å². The van der Waals surface area contributed by atoms with Crippen molar-refractivity contribution in [2.45, 2.75) is 25.8 Å². The molecule has 0 aliphatic rings. The van der Waals surface area contributed by atoms with Crippen LogP contribution in [0.1, 0.15) is 30.7 Å². The molecule has 5 heteroatoms. The zero-order valence-corrected chi connectivity index (χ0v) is 14.3. The second-order valence-corrected chi connectivity index (χ2v) is 7.05. The van der Waals surface area contributed by atoms with Crippen molar-refractivity contribution < 1.29 is 0 Å². The van der Waals surface area contributed by atoms with Crippen molar-refractivity contribution in [3.05, 3.63) is 43.7 Å². The Bertz CT molecular complexity index is 583. The van der Waals surface area contributed by atoms with Gasteiger partial charge in [0.2, 0.25) is 0 Å². The Morgan fingerprint density at radius 3 is 2.63 bits per heavy atom. The summed E-state index contributed by atoms with van der Waals surface area (Å²) in [7, 11) is 0. The van der Waals surface area contributed by atoms with Crippen LogP contribution < -0.4 is 5.73 Å². The molecule has 0 bridgehead atoms. The lowest BCUT2D eigenvalue weighted by Crippen LogP contribution is -2.07. The van der Waals surface area contributed by atoms with Crippen LogP contribution in [0.5, 0.6) is 0 Å². The van der Waals surface area contributed by atoms with Gasteiger partial charge in [0.05, 0.1) is 10.0 Å². The Hall–Kier alpha value is -0.0600. The molecule has 0 radical (unpaired) electrons. The molecule has 0 aliphatic heterocycles. The van der Waals surface area contributed by atoms with Crippen LogP contribution in [-0.4, -0.2) is 0 Å². The first kappa shape index (κ1) is 15.3. The molecule has 0 saturated carbocycles. The van der Waals surface area contributed by atoms with Gasteiger partial charge < -0.3 is 5.73 Å². The molecule has 102 valence electrons. The van der Waals surface area contributed by atoms with Crippen LogP contribution in [0.25, 0.3) is 10.4 Å².